The molecule has 0 aliphatic rings. The zero-order valence-corrected chi connectivity index (χ0v) is 11.2. The summed E-state index contributed by atoms with van der Waals surface area (Å²) in [6.07, 6.45) is 3.16. The highest BCUT2D eigenvalue weighted by Crippen LogP contribution is 2.16. The second-order valence-electron chi connectivity index (χ2n) is 4.18. The SMILES string of the molecule is CCCC(C)CC(NN)C(OCC)OCC. The van der Waals surface area contributed by atoms with E-state index < -0.39 is 0 Å². The van der Waals surface area contributed by atoms with Gasteiger partial charge in [-0.1, -0.05) is 26.7 Å². The highest BCUT2D eigenvalue weighted by atomic mass is 16.7. The predicted octanol–water partition coefficient (Wildman–Crippen LogP) is 2.04. The van der Waals surface area contributed by atoms with E-state index in [1.54, 1.807) is 0 Å². The average Bonchev–Trinajstić information content (AvgIpc) is 2.26. The molecule has 0 bridgehead atoms. The van der Waals surface area contributed by atoms with Crippen molar-refractivity contribution in [2.24, 2.45) is 11.8 Å². The standard InChI is InChI=1S/C12H28N2O2/c1-5-8-10(4)9-11(14-13)12(15-6-2)16-7-3/h10-12,14H,5-9,13H2,1-4H3. The first-order valence-electron chi connectivity index (χ1n) is 6.38. The Hall–Kier alpha value is -0.160. The molecule has 0 aromatic rings. The number of nitrogens with one attached hydrogen (secondary N) is 1. The molecule has 0 rings (SSSR count). The number of ether oxygens (including phenoxy) is 2. The maximum absolute atomic E-state index is 5.57. The molecule has 0 saturated heterocycles. The van der Waals surface area contributed by atoms with Crippen LogP contribution in [0.4, 0.5) is 0 Å². The van der Waals surface area contributed by atoms with E-state index in [1.807, 2.05) is 13.8 Å². The van der Waals surface area contributed by atoms with Crippen molar-refractivity contribution in [3.63, 3.8) is 0 Å². The molecule has 2 atom stereocenters. The number of hydrogen-bond donors (Lipinski definition) is 2. The minimum absolute atomic E-state index is 0.0708. The van der Waals surface area contributed by atoms with Gasteiger partial charge in [-0.2, -0.15) is 0 Å². The summed E-state index contributed by atoms with van der Waals surface area (Å²) in [4.78, 5) is 0. The molecule has 4 heteroatoms. The van der Waals surface area contributed by atoms with Crippen LogP contribution in [-0.4, -0.2) is 25.5 Å². The Morgan fingerprint density at radius 1 is 1.12 bits per heavy atom. The lowest BCUT2D eigenvalue weighted by Gasteiger charge is -2.28. The molecule has 0 spiro atoms. The summed E-state index contributed by atoms with van der Waals surface area (Å²) in [5.41, 5.74) is 2.81. The molecular formula is C12H28N2O2. The largest absolute Gasteiger partial charge is 0.351 e. The van der Waals surface area contributed by atoms with E-state index in [2.05, 4.69) is 19.3 Å². The maximum atomic E-state index is 5.57. The molecule has 0 amide bonds. The van der Waals surface area contributed by atoms with Crippen LogP contribution in [0.3, 0.4) is 0 Å². The number of hydrazine groups is 1. The highest BCUT2D eigenvalue weighted by molar-refractivity contribution is 4.71. The van der Waals surface area contributed by atoms with Crippen LogP contribution in [0, 0.1) is 5.92 Å². The molecular weight excluding hydrogens is 204 g/mol. The first-order chi connectivity index (χ1) is 7.69. The quantitative estimate of drug-likeness (QED) is 0.344. The highest BCUT2D eigenvalue weighted by Gasteiger charge is 2.22. The minimum atomic E-state index is -0.237. The molecule has 0 fully saturated rings. The molecule has 0 aromatic heterocycles. The van der Waals surface area contributed by atoms with Crippen molar-refractivity contribution in [3.05, 3.63) is 0 Å². The smallest absolute Gasteiger partial charge is 0.173 e. The fourth-order valence-corrected chi connectivity index (χ4v) is 1.91. The molecule has 98 valence electrons. The van der Waals surface area contributed by atoms with E-state index in [0.29, 0.717) is 19.1 Å². The lowest BCUT2D eigenvalue weighted by Crippen LogP contribution is -2.47. The van der Waals surface area contributed by atoms with Crippen LogP contribution < -0.4 is 11.3 Å². The minimum Gasteiger partial charge on any atom is -0.351 e. The Morgan fingerprint density at radius 2 is 1.69 bits per heavy atom. The third kappa shape index (κ3) is 6.43. The molecule has 0 radical (unpaired) electrons. The fraction of sp³-hybridized carbons (Fsp3) is 1.00. The summed E-state index contributed by atoms with van der Waals surface area (Å²) >= 11 is 0. The second-order valence-corrected chi connectivity index (χ2v) is 4.18. The molecule has 0 aromatic carbocycles. The Kier molecular flexibility index (Phi) is 9.92. The Balaban J connectivity index is 4.17. The van der Waals surface area contributed by atoms with Crippen molar-refractivity contribution < 1.29 is 9.47 Å². The summed E-state index contributed by atoms with van der Waals surface area (Å²) in [6.45, 7) is 9.66. The topological polar surface area (TPSA) is 56.5 Å². The van der Waals surface area contributed by atoms with Crippen LogP contribution >= 0.6 is 0 Å². The van der Waals surface area contributed by atoms with Crippen molar-refractivity contribution >= 4 is 0 Å². The van der Waals surface area contributed by atoms with Gasteiger partial charge in [0.1, 0.15) is 0 Å². The van der Waals surface area contributed by atoms with Gasteiger partial charge in [0.15, 0.2) is 6.29 Å². The molecule has 2 unspecified atom stereocenters. The van der Waals surface area contributed by atoms with Gasteiger partial charge in [0.2, 0.25) is 0 Å². The predicted molar refractivity (Wildman–Crippen MR) is 66.8 cm³/mol. The van der Waals surface area contributed by atoms with Gasteiger partial charge in [0.25, 0.3) is 0 Å². The van der Waals surface area contributed by atoms with Gasteiger partial charge in [-0.3, -0.25) is 11.3 Å². The molecule has 0 aliphatic heterocycles. The molecule has 0 heterocycles. The fourth-order valence-electron chi connectivity index (χ4n) is 1.91. The van der Waals surface area contributed by atoms with Crippen LogP contribution in [0.15, 0.2) is 0 Å². The Labute approximate surface area is 99.8 Å². The van der Waals surface area contributed by atoms with Gasteiger partial charge < -0.3 is 9.47 Å². The van der Waals surface area contributed by atoms with E-state index in [1.165, 1.54) is 12.8 Å². The Morgan fingerprint density at radius 3 is 2.06 bits per heavy atom. The second kappa shape index (κ2) is 10.0. The number of rotatable bonds is 10. The average molecular weight is 232 g/mol. The molecule has 0 saturated carbocycles. The van der Waals surface area contributed by atoms with Crippen molar-refractivity contribution in [2.45, 2.75) is 59.3 Å². The first-order valence-corrected chi connectivity index (χ1v) is 6.38. The molecule has 16 heavy (non-hydrogen) atoms. The van der Waals surface area contributed by atoms with E-state index in [4.69, 9.17) is 15.3 Å². The van der Waals surface area contributed by atoms with Gasteiger partial charge >= 0.3 is 0 Å². The number of nitrogens with two attached hydrogens (primary N) is 1. The summed E-state index contributed by atoms with van der Waals surface area (Å²) in [6, 6.07) is 0.0708. The third-order valence-electron chi connectivity index (χ3n) is 2.64. The Bertz CT molecular complexity index is 150. The van der Waals surface area contributed by atoms with E-state index >= 15 is 0 Å². The van der Waals surface area contributed by atoms with Gasteiger partial charge in [-0.15, -0.1) is 0 Å². The molecule has 3 N–H and O–H groups in total. The zero-order valence-electron chi connectivity index (χ0n) is 11.2. The normalized spacial score (nSPS) is 15.4. The van der Waals surface area contributed by atoms with Gasteiger partial charge in [0.05, 0.1) is 6.04 Å². The van der Waals surface area contributed by atoms with Crippen LogP contribution in [0.25, 0.3) is 0 Å². The van der Waals surface area contributed by atoms with Crippen molar-refractivity contribution in [1.82, 2.24) is 5.43 Å². The van der Waals surface area contributed by atoms with Crippen LogP contribution in [-0.2, 0) is 9.47 Å². The van der Waals surface area contributed by atoms with Crippen molar-refractivity contribution in [2.75, 3.05) is 13.2 Å². The maximum Gasteiger partial charge on any atom is 0.173 e. The monoisotopic (exact) mass is 232 g/mol. The molecule has 0 aliphatic carbocycles. The van der Waals surface area contributed by atoms with Crippen LogP contribution in [0.2, 0.25) is 0 Å². The van der Waals surface area contributed by atoms with Gasteiger partial charge in [-0.25, -0.2) is 0 Å². The van der Waals surface area contributed by atoms with Crippen molar-refractivity contribution in [3.8, 4) is 0 Å². The summed E-state index contributed by atoms with van der Waals surface area (Å²) in [5, 5.41) is 0. The summed E-state index contributed by atoms with van der Waals surface area (Å²) in [7, 11) is 0. The zero-order chi connectivity index (χ0) is 12.4. The van der Waals surface area contributed by atoms with Gasteiger partial charge in [0, 0.05) is 13.2 Å². The van der Waals surface area contributed by atoms with Crippen molar-refractivity contribution in [1.29, 1.82) is 0 Å². The molecule has 4 nitrogen and oxygen atoms in total. The van der Waals surface area contributed by atoms with Crippen LogP contribution in [0.1, 0.15) is 47.0 Å². The number of hydrogen-bond acceptors (Lipinski definition) is 4. The summed E-state index contributed by atoms with van der Waals surface area (Å²) < 4.78 is 11.1. The first kappa shape index (κ1) is 15.8. The van der Waals surface area contributed by atoms with Gasteiger partial charge in [-0.05, 0) is 26.2 Å². The third-order valence-corrected chi connectivity index (χ3v) is 2.64. The van der Waals surface area contributed by atoms with E-state index in [9.17, 15) is 0 Å². The van der Waals surface area contributed by atoms with E-state index in [0.717, 1.165) is 6.42 Å². The van der Waals surface area contributed by atoms with E-state index in [-0.39, 0.29) is 12.3 Å². The summed E-state index contributed by atoms with van der Waals surface area (Å²) in [5.74, 6) is 6.20. The van der Waals surface area contributed by atoms with Crippen LogP contribution in [0.5, 0.6) is 0 Å². The lowest BCUT2D eigenvalue weighted by molar-refractivity contribution is -0.156. The lowest BCUT2D eigenvalue weighted by atomic mass is 9.97.